The Balaban J connectivity index is 2.02. The number of aromatic amines is 1. The molecule has 1 heterocycles. The van der Waals surface area contributed by atoms with Crippen molar-refractivity contribution in [3.63, 3.8) is 0 Å². The summed E-state index contributed by atoms with van der Waals surface area (Å²) in [7, 11) is 1.66. The molecule has 0 bridgehead atoms. The van der Waals surface area contributed by atoms with E-state index in [1.807, 2.05) is 44.3 Å². The molecule has 0 aliphatic carbocycles. The van der Waals surface area contributed by atoms with Crippen LogP contribution >= 0.6 is 0 Å². The summed E-state index contributed by atoms with van der Waals surface area (Å²) in [5.41, 5.74) is 9.56. The number of aromatic nitrogens is 1. The maximum absolute atomic E-state index is 6.11. The third kappa shape index (κ3) is 3.10. The fourth-order valence-corrected chi connectivity index (χ4v) is 3.08. The van der Waals surface area contributed by atoms with Gasteiger partial charge in [-0.2, -0.15) is 0 Å². The number of rotatable bonds is 6. The van der Waals surface area contributed by atoms with Crippen LogP contribution < -0.4 is 15.2 Å². The van der Waals surface area contributed by atoms with Crippen molar-refractivity contribution in [3.8, 4) is 11.5 Å². The van der Waals surface area contributed by atoms with Gasteiger partial charge in [0, 0.05) is 29.6 Å². The third-order valence-electron chi connectivity index (χ3n) is 4.19. The summed E-state index contributed by atoms with van der Waals surface area (Å²) in [4.78, 5) is 3.33. The van der Waals surface area contributed by atoms with Gasteiger partial charge in [-0.1, -0.05) is 24.3 Å². The number of nitrogens with two attached hydrogens (primary N) is 1. The van der Waals surface area contributed by atoms with E-state index in [2.05, 4.69) is 23.2 Å². The van der Waals surface area contributed by atoms with Crippen LogP contribution in [-0.4, -0.2) is 24.7 Å². The van der Waals surface area contributed by atoms with Crippen molar-refractivity contribution in [2.24, 2.45) is 5.73 Å². The number of hydrogen-bond acceptors (Lipinski definition) is 3. The summed E-state index contributed by atoms with van der Waals surface area (Å²) >= 11 is 0. The van der Waals surface area contributed by atoms with Crippen LogP contribution in [0.3, 0.4) is 0 Å². The first-order valence-corrected chi connectivity index (χ1v) is 8.24. The van der Waals surface area contributed by atoms with Crippen LogP contribution in [0, 0.1) is 0 Å². The Morgan fingerprint density at radius 3 is 2.58 bits per heavy atom. The molecule has 0 radical (unpaired) electrons. The molecule has 0 fully saturated rings. The average molecular weight is 324 g/mol. The zero-order chi connectivity index (χ0) is 17.1. The normalized spacial score (nSPS) is 12.5. The lowest BCUT2D eigenvalue weighted by Crippen LogP contribution is -2.14. The quantitative estimate of drug-likeness (QED) is 0.719. The molecule has 0 unspecified atom stereocenters. The molecule has 4 nitrogen and oxygen atoms in total. The predicted molar refractivity (Wildman–Crippen MR) is 98.0 cm³/mol. The number of H-pyrrole nitrogens is 1. The van der Waals surface area contributed by atoms with E-state index < -0.39 is 0 Å². The summed E-state index contributed by atoms with van der Waals surface area (Å²) < 4.78 is 11.3. The first kappa shape index (κ1) is 16.4. The molecular weight excluding hydrogens is 300 g/mol. The number of benzene rings is 2. The summed E-state index contributed by atoms with van der Waals surface area (Å²) in [6.07, 6.45) is 2.15. The Kier molecular flexibility index (Phi) is 4.76. The lowest BCUT2D eigenvalue weighted by Gasteiger charge is -2.19. The molecule has 3 rings (SSSR count). The van der Waals surface area contributed by atoms with Gasteiger partial charge in [-0.25, -0.2) is 0 Å². The van der Waals surface area contributed by atoms with Gasteiger partial charge in [0.05, 0.1) is 13.2 Å². The van der Waals surface area contributed by atoms with E-state index in [1.54, 1.807) is 7.11 Å². The standard InChI is InChI=1S/C20H24N2O2/c1-13(2)24-19-9-8-14(10-20(19)23-3)16(11-21)17-12-22-18-7-5-4-6-15(17)18/h4-10,12-13,16,22H,11,21H2,1-3H3/t16-/m0/s1. The van der Waals surface area contributed by atoms with Gasteiger partial charge >= 0.3 is 0 Å². The molecule has 1 aromatic heterocycles. The van der Waals surface area contributed by atoms with Crippen LogP contribution in [-0.2, 0) is 0 Å². The second-order valence-corrected chi connectivity index (χ2v) is 6.15. The minimum atomic E-state index is 0.100. The zero-order valence-electron chi connectivity index (χ0n) is 14.4. The van der Waals surface area contributed by atoms with E-state index in [0.29, 0.717) is 6.54 Å². The molecule has 0 aliphatic heterocycles. The molecule has 126 valence electrons. The van der Waals surface area contributed by atoms with Gasteiger partial charge in [0.1, 0.15) is 0 Å². The highest BCUT2D eigenvalue weighted by Crippen LogP contribution is 2.35. The smallest absolute Gasteiger partial charge is 0.161 e. The number of fused-ring (bicyclic) bond motifs is 1. The van der Waals surface area contributed by atoms with E-state index >= 15 is 0 Å². The lowest BCUT2D eigenvalue weighted by molar-refractivity contribution is 0.230. The van der Waals surface area contributed by atoms with Crippen LogP contribution in [0.2, 0.25) is 0 Å². The average Bonchev–Trinajstić information content (AvgIpc) is 3.00. The molecule has 0 saturated heterocycles. The molecule has 2 aromatic carbocycles. The maximum Gasteiger partial charge on any atom is 0.161 e. The van der Waals surface area contributed by atoms with Crippen LogP contribution in [0.25, 0.3) is 10.9 Å². The predicted octanol–water partition coefficient (Wildman–Crippen LogP) is 4.05. The molecular formula is C20H24N2O2. The van der Waals surface area contributed by atoms with E-state index in [4.69, 9.17) is 15.2 Å². The summed E-state index contributed by atoms with van der Waals surface area (Å²) in [6.45, 7) is 4.53. The molecule has 0 amide bonds. The first-order chi connectivity index (χ1) is 11.6. The lowest BCUT2D eigenvalue weighted by atomic mass is 9.91. The molecule has 0 aliphatic rings. The van der Waals surface area contributed by atoms with Crippen molar-refractivity contribution in [2.75, 3.05) is 13.7 Å². The van der Waals surface area contributed by atoms with E-state index in [1.165, 1.54) is 10.9 Å². The van der Waals surface area contributed by atoms with Gasteiger partial charge in [0.15, 0.2) is 11.5 Å². The Morgan fingerprint density at radius 2 is 1.88 bits per heavy atom. The molecule has 24 heavy (non-hydrogen) atoms. The summed E-state index contributed by atoms with van der Waals surface area (Å²) in [5.74, 6) is 1.59. The minimum Gasteiger partial charge on any atom is -0.493 e. The van der Waals surface area contributed by atoms with Crippen molar-refractivity contribution in [1.82, 2.24) is 4.98 Å². The maximum atomic E-state index is 6.11. The number of hydrogen-bond donors (Lipinski definition) is 2. The third-order valence-corrected chi connectivity index (χ3v) is 4.19. The number of nitrogens with one attached hydrogen (secondary N) is 1. The molecule has 3 aromatic rings. The largest absolute Gasteiger partial charge is 0.493 e. The zero-order valence-corrected chi connectivity index (χ0v) is 14.4. The molecule has 0 saturated carbocycles. The fourth-order valence-electron chi connectivity index (χ4n) is 3.08. The van der Waals surface area contributed by atoms with Gasteiger partial charge in [-0.3, -0.25) is 0 Å². The van der Waals surface area contributed by atoms with Gasteiger partial charge in [-0.15, -0.1) is 0 Å². The van der Waals surface area contributed by atoms with Crippen molar-refractivity contribution >= 4 is 10.9 Å². The second kappa shape index (κ2) is 6.97. The Labute approximate surface area is 142 Å². The van der Waals surface area contributed by atoms with Gasteiger partial charge < -0.3 is 20.2 Å². The van der Waals surface area contributed by atoms with Crippen LogP contribution in [0.5, 0.6) is 11.5 Å². The van der Waals surface area contributed by atoms with Crippen molar-refractivity contribution in [3.05, 3.63) is 59.8 Å². The van der Waals surface area contributed by atoms with Crippen molar-refractivity contribution in [2.45, 2.75) is 25.9 Å². The second-order valence-electron chi connectivity index (χ2n) is 6.15. The molecule has 4 heteroatoms. The molecule has 3 N–H and O–H groups in total. The van der Waals surface area contributed by atoms with Gasteiger partial charge in [0.25, 0.3) is 0 Å². The highest BCUT2D eigenvalue weighted by atomic mass is 16.5. The molecule has 1 atom stereocenters. The number of methoxy groups -OCH3 is 1. The van der Waals surface area contributed by atoms with Crippen molar-refractivity contribution in [1.29, 1.82) is 0 Å². The van der Waals surface area contributed by atoms with Gasteiger partial charge in [-0.05, 0) is 43.2 Å². The topological polar surface area (TPSA) is 60.3 Å². The fraction of sp³-hybridized carbons (Fsp3) is 0.300. The van der Waals surface area contributed by atoms with Crippen LogP contribution in [0.15, 0.2) is 48.7 Å². The van der Waals surface area contributed by atoms with Crippen LogP contribution in [0.1, 0.15) is 30.9 Å². The number of para-hydroxylation sites is 1. The van der Waals surface area contributed by atoms with E-state index in [9.17, 15) is 0 Å². The first-order valence-electron chi connectivity index (χ1n) is 8.24. The minimum absolute atomic E-state index is 0.100. The number of ether oxygens (including phenoxy) is 2. The van der Waals surface area contributed by atoms with Gasteiger partial charge in [0.2, 0.25) is 0 Å². The van der Waals surface area contributed by atoms with Crippen LogP contribution in [0.4, 0.5) is 0 Å². The highest BCUT2D eigenvalue weighted by Gasteiger charge is 2.18. The van der Waals surface area contributed by atoms with E-state index in [-0.39, 0.29) is 12.0 Å². The SMILES string of the molecule is COc1cc([C@H](CN)c2c[nH]c3ccccc23)ccc1OC(C)C. The molecule has 0 spiro atoms. The Hall–Kier alpha value is -2.46. The van der Waals surface area contributed by atoms with E-state index in [0.717, 1.165) is 22.6 Å². The Morgan fingerprint density at radius 1 is 1.08 bits per heavy atom. The monoisotopic (exact) mass is 324 g/mol. The highest BCUT2D eigenvalue weighted by molar-refractivity contribution is 5.84. The Bertz CT molecular complexity index is 823. The summed E-state index contributed by atoms with van der Waals surface area (Å²) in [5, 5.41) is 1.20. The summed E-state index contributed by atoms with van der Waals surface area (Å²) in [6, 6.07) is 14.3. The van der Waals surface area contributed by atoms with Crippen molar-refractivity contribution < 1.29 is 9.47 Å².